The number of anilines is 1. The zero-order valence-electron chi connectivity index (χ0n) is 10.4. The van der Waals surface area contributed by atoms with Crippen LogP contribution in [0.15, 0.2) is 18.3 Å². The summed E-state index contributed by atoms with van der Waals surface area (Å²) in [6.07, 6.45) is 6.73. The molecule has 4 nitrogen and oxygen atoms in total. The van der Waals surface area contributed by atoms with Crippen molar-refractivity contribution in [3.05, 3.63) is 18.3 Å². The van der Waals surface area contributed by atoms with Gasteiger partial charge >= 0.3 is 0 Å². The summed E-state index contributed by atoms with van der Waals surface area (Å²) in [7, 11) is 0. The standard InChI is InChI=1S/C13H17BrN2O2/c1-9(14)13(17)16-12-7-6-11(8-15-12)18-10-4-2-3-5-10/h6-10H,2-5H2,1H3,(H,15,16,17). The van der Waals surface area contributed by atoms with Gasteiger partial charge in [0, 0.05) is 0 Å². The quantitative estimate of drug-likeness (QED) is 0.869. The lowest BCUT2D eigenvalue weighted by Gasteiger charge is -2.13. The molecule has 0 saturated heterocycles. The van der Waals surface area contributed by atoms with Crippen LogP contribution in [0, 0.1) is 0 Å². The number of rotatable bonds is 4. The van der Waals surface area contributed by atoms with Gasteiger partial charge in [-0.3, -0.25) is 4.79 Å². The van der Waals surface area contributed by atoms with E-state index in [1.165, 1.54) is 12.8 Å². The van der Waals surface area contributed by atoms with Gasteiger partial charge in [0.25, 0.3) is 0 Å². The highest BCUT2D eigenvalue weighted by Crippen LogP contribution is 2.24. The smallest absolute Gasteiger partial charge is 0.239 e. The van der Waals surface area contributed by atoms with Crippen molar-refractivity contribution in [2.75, 3.05) is 5.32 Å². The van der Waals surface area contributed by atoms with E-state index in [-0.39, 0.29) is 10.7 Å². The van der Waals surface area contributed by atoms with E-state index in [9.17, 15) is 4.79 Å². The first-order valence-electron chi connectivity index (χ1n) is 6.23. The third-order valence-corrected chi connectivity index (χ3v) is 3.37. The van der Waals surface area contributed by atoms with Gasteiger partial charge in [0.2, 0.25) is 5.91 Å². The van der Waals surface area contributed by atoms with Gasteiger partial charge in [0.05, 0.1) is 17.1 Å². The van der Waals surface area contributed by atoms with Crippen LogP contribution in [0.2, 0.25) is 0 Å². The summed E-state index contributed by atoms with van der Waals surface area (Å²) in [4.78, 5) is 15.4. The lowest BCUT2D eigenvalue weighted by Crippen LogP contribution is -2.20. The molecule has 5 heteroatoms. The number of pyridine rings is 1. The number of hydrogen-bond acceptors (Lipinski definition) is 3. The van der Waals surface area contributed by atoms with Gasteiger partial charge in [-0.05, 0) is 44.7 Å². The molecule has 1 N–H and O–H groups in total. The van der Waals surface area contributed by atoms with Crippen LogP contribution in [0.1, 0.15) is 32.6 Å². The van der Waals surface area contributed by atoms with Crippen molar-refractivity contribution >= 4 is 27.7 Å². The fourth-order valence-electron chi connectivity index (χ4n) is 1.95. The van der Waals surface area contributed by atoms with Crippen molar-refractivity contribution in [3.8, 4) is 5.75 Å². The molecule has 0 aliphatic heterocycles. The molecule has 1 aliphatic carbocycles. The van der Waals surface area contributed by atoms with E-state index in [0.717, 1.165) is 18.6 Å². The van der Waals surface area contributed by atoms with Crippen molar-refractivity contribution in [1.82, 2.24) is 4.98 Å². The molecule has 1 fully saturated rings. The van der Waals surface area contributed by atoms with E-state index in [1.807, 2.05) is 6.07 Å². The highest BCUT2D eigenvalue weighted by Gasteiger charge is 2.16. The summed E-state index contributed by atoms with van der Waals surface area (Å²) in [5, 5.41) is 2.71. The molecule has 1 saturated carbocycles. The number of carbonyl (C=O) groups is 1. The molecule has 18 heavy (non-hydrogen) atoms. The van der Waals surface area contributed by atoms with Crippen LogP contribution in [0.4, 0.5) is 5.82 Å². The molecule has 1 aliphatic rings. The molecule has 0 bridgehead atoms. The number of nitrogens with one attached hydrogen (secondary N) is 1. The number of halogens is 1. The summed E-state index contributed by atoms with van der Waals surface area (Å²) in [6.45, 7) is 1.77. The summed E-state index contributed by atoms with van der Waals surface area (Å²) < 4.78 is 5.80. The number of carbonyl (C=O) groups excluding carboxylic acids is 1. The van der Waals surface area contributed by atoms with Crippen molar-refractivity contribution in [2.24, 2.45) is 0 Å². The molecule has 1 atom stereocenters. The van der Waals surface area contributed by atoms with Gasteiger partial charge in [-0.2, -0.15) is 0 Å². The van der Waals surface area contributed by atoms with Crippen LogP contribution in [-0.4, -0.2) is 21.8 Å². The van der Waals surface area contributed by atoms with E-state index in [0.29, 0.717) is 11.9 Å². The van der Waals surface area contributed by atoms with E-state index in [1.54, 1.807) is 19.2 Å². The van der Waals surface area contributed by atoms with Gasteiger partial charge < -0.3 is 10.1 Å². The molecular weight excluding hydrogens is 296 g/mol. The maximum Gasteiger partial charge on any atom is 0.239 e. The second kappa shape index (κ2) is 6.18. The lowest BCUT2D eigenvalue weighted by molar-refractivity contribution is -0.115. The molecule has 98 valence electrons. The monoisotopic (exact) mass is 312 g/mol. The Bertz CT molecular complexity index is 400. The average molecular weight is 313 g/mol. The van der Waals surface area contributed by atoms with E-state index in [2.05, 4.69) is 26.2 Å². The first-order chi connectivity index (χ1) is 8.65. The van der Waals surface area contributed by atoms with E-state index >= 15 is 0 Å². The number of ether oxygens (including phenoxy) is 1. The van der Waals surface area contributed by atoms with Crippen molar-refractivity contribution in [3.63, 3.8) is 0 Å². The second-order valence-corrected chi connectivity index (χ2v) is 5.88. The van der Waals surface area contributed by atoms with Crippen molar-refractivity contribution in [1.29, 1.82) is 0 Å². The van der Waals surface area contributed by atoms with Crippen molar-refractivity contribution in [2.45, 2.75) is 43.5 Å². The SMILES string of the molecule is CC(Br)C(=O)Nc1ccc(OC2CCCC2)cn1. The Kier molecular flexibility index (Phi) is 4.58. The third kappa shape index (κ3) is 3.70. The van der Waals surface area contributed by atoms with Crippen LogP contribution in [0.25, 0.3) is 0 Å². The van der Waals surface area contributed by atoms with Gasteiger partial charge in [-0.15, -0.1) is 0 Å². The minimum atomic E-state index is -0.228. The van der Waals surface area contributed by atoms with Crippen LogP contribution in [0.3, 0.4) is 0 Å². The molecule has 0 aromatic carbocycles. The Labute approximate surface area is 115 Å². The molecule has 1 amide bonds. The number of hydrogen-bond donors (Lipinski definition) is 1. The predicted molar refractivity (Wildman–Crippen MR) is 74.1 cm³/mol. The average Bonchev–Trinajstić information content (AvgIpc) is 2.84. The van der Waals surface area contributed by atoms with Gasteiger partial charge in [0.15, 0.2) is 0 Å². The Morgan fingerprint density at radius 3 is 2.78 bits per heavy atom. The number of nitrogens with zero attached hydrogens (tertiary/aromatic N) is 1. The first-order valence-corrected chi connectivity index (χ1v) is 7.14. The molecular formula is C13H17BrN2O2. The minimum absolute atomic E-state index is 0.105. The lowest BCUT2D eigenvalue weighted by atomic mass is 10.3. The predicted octanol–water partition coefficient (Wildman–Crippen LogP) is 3.12. The zero-order valence-corrected chi connectivity index (χ0v) is 11.9. The number of amides is 1. The molecule has 0 radical (unpaired) electrons. The summed E-state index contributed by atoms with van der Waals surface area (Å²) in [6, 6.07) is 3.61. The molecule has 1 heterocycles. The van der Waals surface area contributed by atoms with Crippen LogP contribution in [-0.2, 0) is 4.79 Å². The highest BCUT2D eigenvalue weighted by molar-refractivity contribution is 9.10. The maximum absolute atomic E-state index is 11.4. The molecule has 1 aromatic heterocycles. The summed E-state index contributed by atoms with van der Waals surface area (Å²) in [5.41, 5.74) is 0. The molecule has 0 spiro atoms. The van der Waals surface area contributed by atoms with Gasteiger partial charge in [0.1, 0.15) is 11.6 Å². The highest BCUT2D eigenvalue weighted by atomic mass is 79.9. The fraction of sp³-hybridized carbons (Fsp3) is 0.538. The number of alkyl halides is 1. The van der Waals surface area contributed by atoms with Crippen molar-refractivity contribution < 1.29 is 9.53 Å². The topological polar surface area (TPSA) is 51.2 Å². The van der Waals surface area contributed by atoms with E-state index < -0.39 is 0 Å². The second-order valence-electron chi connectivity index (χ2n) is 4.51. The Morgan fingerprint density at radius 1 is 1.50 bits per heavy atom. The largest absolute Gasteiger partial charge is 0.489 e. The third-order valence-electron chi connectivity index (χ3n) is 2.95. The molecule has 2 rings (SSSR count). The molecule has 1 aromatic rings. The molecule has 1 unspecified atom stereocenters. The Balaban J connectivity index is 1.90. The van der Waals surface area contributed by atoms with Crippen LogP contribution < -0.4 is 10.1 Å². The Morgan fingerprint density at radius 2 is 2.22 bits per heavy atom. The summed E-state index contributed by atoms with van der Waals surface area (Å²) in [5.74, 6) is 1.21. The van der Waals surface area contributed by atoms with Gasteiger partial charge in [-0.1, -0.05) is 15.9 Å². The Hall–Kier alpha value is -1.10. The number of aromatic nitrogens is 1. The normalized spacial score (nSPS) is 17.4. The summed E-state index contributed by atoms with van der Waals surface area (Å²) >= 11 is 3.21. The maximum atomic E-state index is 11.4. The minimum Gasteiger partial charge on any atom is -0.489 e. The fourth-order valence-corrected chi connectivity index (χ4v) is 2.06. The first kappa shape index (κ1) is 13.3. The van der Waals surface area contributed by atoms with Crippen LogP contribution in [0.5, 0.6) is 5.75 Å². The van der Waals surface area contributed by atoms with Crippen LogP contribution >= 0.6 is 15.9 Å². The zero-order chi connectivity index (χ0) is 13.0. The van der Waals surface area contributed by atoms with E-state index in [4.69, 9.17) is 4.74 Å². The van der Waals surface area contributed by atoms with Gasteiger partial charge in [-0.25, -0.2) is 4.98 Å².